The van der Waals surface area contributed by atoms with Gasteiger partial charge in [0.25, 0.3) is 0 Å². The van der Waals surface area contributed by atoms with Gasteiger partial charge in [0.05, 0.1) is 18.7 Å². The predicted octanol–water partition coefficient (Wildman–Crippen LogP) is 3.16. The van der Waals surface area contributed by atoms with Gasteiger partial charge in [-0.25, -0.2) is 0 Å². The lowest BCUT2D eigenvalue weighted by Gasteiger charge is -2.07. The molecule has 0 saturated heterocycles. The topological polar surface area (TPSA) is 33.0 Å². The summed E-state index contributed by atoms with van der Waals surface area (Å²) < 4.78 is 5.31. The molecule has 0 aliphatic rings. The summed E-state index contributed by atoms with van der Waals surface area (Å²) >= 11 is 0. The zero-order valence-corrected chi connectivity index (χ0v) is 9.68. The quantitative estimate of drug-likeness (QED) is 0.800. The number of rotatable bonds is 3. The summed E-state index contributed by atoms with van der Waals surface area (Å²) in [5.74, 6) is 0.900. The minimum atomic E-state index is 0.689. The molecular formula is C15H13NO. The van der Waals surface area contributed by atoms with E-state index in [4.69, 9.17) is 10.00 Å². The predicted molar refractivity (Wildman–Crippen MR) is 67.0 cm³/mol. The van der Waals surface area contributed by atoms with Crippen molar-refractivity contribution < 1.29 is 4.74 Å². The molecule has 17 heavy (non-hydrogen) atoms. The highest BCUT2D eigenvalue weighted by atomic mass is 16.5. The number of para-hydroxylation sites is 1. The maximum absolute atomic E-state index is 8.73. The number of nitrogens with zero attached hydrogens (tertiary/aromatic N) is 1. The van der Waals surface area contributed by atoms with Gasteiger partial charge in [-0.2, -0.15) is 5.26 Å². The highest BCUT2D eigenvalue weighted by Gasteiger charge is 2.02. The Labute approximate surface area is 101 Å². The van der Waals surface area contributed by atoms with Gasteiger partial charge >= 0.3 is 0 Å². The van der Waals surface area contributed by atoms with Crippen LogP contribution in [0.15, 0.2) is 48.5 Å². The number of nitriles is 1. The van der Waals surface area contributed by atoms with Crippen LogP contribution in [0.5, 0.6) is 5.75 Å². The molecule has 0 heterocycles. The van der Waals surface area contributed by atoms with Crippen molar-refractivity contribution in [1.82, 2.24) is 0 Å². The highest BCUT2D eigenvalue weighted by molar-refractivity contribution is 5.39. The van der Waals surface area contributed by atoms with E-state index in [9.17, 15) is 0 Å². The van der Waals surface area contributed by atoms with Crippen molar-refractivity contribution in [3.05, 3.63) is 65.2 Å². The average Bonchev–Trinajstić information content (AvgIpc) is 2.40. The van der Waals surface area contributed by atoms with Crippen molar-refractivity contribution >= 4 is 0 Å². The van der Waals surface area contributed by atoms with Gasteiger partial charge in [0, 0.05) is 6.42 Å². The minimum Gasteiger partial charge on any atom is -0.496 e. The van der Waals surface area contributed by atoms with Crippen LogP contribution in [0.1, 0.15) is 16.7 Å². The third kappa shape index (κ3) is 2.64. The summed E-state index contributed by atoms with van der Waals surface area (Å²) in [6, 6.07) is 17.7. The van der Waals surface area contributed by atoms with Crippen molar-refractivity contribution in [2.75, 3.05) is 7.11 Å². The molecule has 0 N–H and O–H groups in total. The largest absolute Gasteiger partial charge is 0.496 e. The fourth-order valence-corrected chi connectivity index (χ4v) is 1.77. The number of methoxy groups -OCH3 is 1. The average molecular weight is 223 g/mol. The molecule has 2 aromatic rings. The summed E-state index contributed by atoms with van der Waals surface area (Å²) in [4.78, 5) is 0. The van der Waals surface area contributed by atoms with Crippen LogP contribution in [-0.4, -0.2) is 7.11 Å². The molecule has 0 unspecified atom stereocenters. The molecule has 0 atom stereocenters. The zero-order valence-electron chi connectivity index (χ0n) is 9.68. The summed E-state index contributed by atoms with van der Waals surface area (Å²) in [5, 5.41) is 8.73. The van der Waals surface area contributed by atoms with Gasteiger partial charge in [-0.3, -0.25) is 0 Å². The molecule has 2 heteroatoms. The van der Waals surface area contributed by atoms with Crippen LogP contribution in [0, 0.1) is 11.3 Å². The van der Waals surface area contributed by atoms with Crippen LogP contribution >= 0.6 is 0 Å². The lowest BCUT2D eigenvalue weighted by Crippen LogP contribution is -1.93. The molecule has 0 saturated carbocycles. The van der Waals surface area contributed by atoms with Crippen molar-refractivity contribution in [3.8, 4) is 11.8 Å². The SMILES string of the molecule is COc1ccccc1Cc1ccc(C#N)cc1. The van der Waals surface area contributed by atoms with Crippen LogP contribution in [0.2, 0.25) is 0 Å². The van der Waals surface area contributed by atoms with Crippen LogP contribution in [0.25, 0.3) is 0 Å². The van der Waals surface area contributed by atoms with Crippen LogP contribution in [0.3, 0.4) is 0 Å². The summed E-state index contributed by atoms with van der Waals surface area (Å²) in [5.41, 5.74) is 3.02. The first kappa shape index (κ1) is 11.2. The smallest absolute Gasteiger partial charge is 0.122 e. The fourth-order valence-electron chi connectivity index (χ4n) is 1.77. The first-order chi connectivity index (χ1) is 8.33. The van der Waals surface area contributed by atoms with E-state index in [1.807, 2.05) is 42.5 Å². The standard InChI is InChI=1S/C15H13NO/c1-17-15-5-3-2-4-14(15)10-12-6-8-13(11-16)9-7-12/h2-9H,10H2,1H3. The van der Waals surface area contributed by atoms with Gasteiger partial charge < -0.3 is 4.74 Å². The molecule has 0 aliphatic heterocycles. The lowest BCUT2D eigenvalue weighted by molar-refractivity contribution is 0.410. The van der Waals surface area contributed by atoms with Crippen LogP contribution in [0.4, 0.5) is 0 Å². The van der Waals surface area contributed by atoms with Gasteiger partial charge in [0.2, 0.25) is 0 Å². The van der Waals surface area contributed by atoms with Crippen LogP contribution < -0.4 is 4.74 Å². The molecule has 0 aromatic heterocycles. The second kappa shape index (κ2) is 5.18. The Hall–Kier alpha value is -2.27. The molecule has 0 fully saturated rings. The van der Waals surface area contributed by atoms with E-state index >= 15 is 0 Å². The Bertz CT molecular complexity index is 538. The Morgan fingerprint density at radius 2 is 1.76 bits per heavy atom. The monoisotopic (exact) mass is 223 g/mol. The van der Waals surface area contributed by atoms with E-state index in [0.717, 1.165) is 17.7 Å². The second-order valence-corrected chi connectivity index (χ2v) is 3.80. The van der Waals surface area contributed by atoms with E-state index in [2.05, 4.69) is 12.1 Å². The number of hydrogen-bond acceptors (Lipinski definition) is 2. The normalized spacial score (nSPS) is 9.65. The van der Waals surface area contributed by atoms with E-state index in [1.165, 1.54) is 5.56 Å². The molecule has 2 nitrogen and oxygen atoms in total. The maximum atomic E-state index is 8.73. The third-order valence-electron chi connectivity index (χ3n) is 2.67. The fraction of sp³-hybridized carbons (Fsp3) is 0.133. The molecule has 0 spiro atoms. The first-order valence-corrected chi connectivity index (χ1v) is 5.44. The van der Waals surface area contributed by atoms with E-state index < -0.39 is 0 Å². The van der Waals surface area contributed by atoms with Crippen molar-refractivity contribution in [1.29, 1.82) is 5.26 Å². The second-order valence-electron chi connectivity index (χ2n) is 3.80. The van der Waals surface area contributed by atoms with Crippen molar-refractivity contribution in [2.45, 2.75) is 6.42 Å². The number of hydrogen-bond donors (Lipinski definition) is 0. The maximum Gasteiger partial charge on any atom is 0.122 e. The van der Waals surface area contributed by atoms with E-state index in [-0.39, 0.29) is 0 Å². The zero-order chi connectivity index (χ0) is 12.1. The Morgan fingerprint density at radius 3 is 2.41 bits per heavy atom. The highest BCUT2D eigenvalue weighted by Crippen LogP contribution is 2.20. The van der Waals surface area contributed by atoms with Gasteiger partial charge in [0.1, 0.15) is 5.75 Å². The van der Waals surface area contributed by atoms with Crippen molar-refractivity contribution in [3.63, 3.8) is 0 Å². The Balaban J connectivity index is 2.22. The molecule has 0 aliphatic carbocycles. The molecule has 2 rings (SSSR count). The summed E-state index contributed by atoms with van der Waals surface area (Å²) in [7, 11) is 1.68. The molecule has 84 valence electrons. The Morgan fingerprint density at radius 1 is 1.06 bits per heavy atom. The van der Waals surface area contributed by atoms with E-state index in [1.54, 1.807) is 7.11 Å². The Kier molecular flexibility index (Phi) is 3.42. The van der Waals surface area contributed by atoms with Crippen LogP contribution in [-0.2, 0) is 6.42 Å². The molecular weight excluding hydrogens is 210 g/mol. The van der Waals surface area contributed by atoms with Gasteiger partial charge in [-0.05, 0) is 29.3 Å². The molecule has 0 amide bonds. The van der Waals surface area contributed by atoms with Crippen molar-refractivity contribution in [2.24, 2.45) is 0 Å². The van der Waals surface area contributed by atoms with Gasteiger partial charge in [-0.1, -0.05) is 30.3 Å². The van der Waals surface area contributed by atoms with Gasteiger partial charge in [-0.15, -0.1) is 0 Å². The number of ether oxygens (including phenoxy) is 1. The number of benzene rings is 2. The summed E-state index contributed by atoms with van der Waals surface area (Å²) in [6.45, 7) is 0. The lowest BCUT2D eigenvalue weighted by atomic mass is 10.0. The molecule has 2 aromatic carbocycles. The summed E-state index contributed by atoms with van der Waals surface area (Å²) in [6.07, 6.45) is 0.815. The first-order valence-electron chi connectivity index (χ1n) is 5.44. The molecule has 0 radical (unpaired) electrons. The van der Waals surface area contributed by atoms with Gasteiger partial charge in [0.15, 0.2) is 0 Å². The molecule has 0 bridgehead atoms. The minimum absolute atomic E-state index is 0.689. The van der Waals surface area contributed by atoms with E-state index in [0.29, 0.717) is 5.56 Å². The third-order valence-corrected chi connectivity index (χ3v) is 2.67.